The number of aryl methyl sites for hydroxylation is 2. The van der Waals surface area contributed by atoms with Gasteiger partial charge in [0.15, 0.2) is 5.82 Å². The van der Waals surface area contributed by atoms with Gasteiger partial charge in [-0.15, -0.1) is 0 Å². The summed E-state index contributed by atoms with van der Waals surface area (Å²) >= 11 is 6.08. The number of benzene rings is 1. The van der Waals surface area contributed by atoms with Crippen LogP contribution in [0.2, 0.25) is 5.15 Å². The van der Waals surface area contributed by atoms with E-state index in [4.69, 9.17) is 16.3 Å². The number of hydrogen-bond acceptors (Lipinski definition) is 3. The van der Waals surface area contributed by atoms with Crippen LogP contribution >= 0.6 is 11.6 Å². The Morgan fingerprint density at radius 1 is 1.16 bits per heavy atom. The Morgan fingerprint density at radius 2 is 1.89 bits per heavy atom. The predicted octanol–water partition coefficient (Wildman–Crippen LogP) is 4.12. The van der Waals surface area contributed by atoms with Gasteiger partial charge in [0.05, 0.1) is 5.69 Å². The fraction of sp³-hybridized carbons (Fsp3) is 0.333. The maximum atomic E-state index is 6.08. The standard InChI is InChI=1S/C15H17ClN2O/c1-9-5-6-12(10(2)7-9)13-8-14(16)18-15(17-13)11(3)19-4/h5-8,11H,1-4H3/t11-/m1/s1. The molecule has 2 rings (SSSR count). The zero-order chi connectivity index (χ0) is 14.0. The smallest absolute Gasteiger partial charge is 0.159 e. The van der Waals surface area contributed by atoms with Crippen LogP contribution in [-0.4, -0.2) is 17.1 Å². The molecule has 4 heteroatoms. The molecule has 0 saturated heterocycles. The van der Waals surface area contributed by atoms with E-state index in [0.717, 1.165) is 11.3 Å². The van der Waals surface area contributed by atoms with Crippen LogP contribution in [0.3, 0.4) is 0 Å². The summed E-state index contributed by atoms with van der Waals surface area (Å²) in [5.41, 5.74) is 4.30. The topological polar surface area (TPSA) is 35.0 Å². The predicted molar refractivity (Wildman–Crippen MR) is 77.4 cm³/mol. The maximum absolute atomic E-state index is 6.08. The van der Waals surface area contributed by atoms with Crippen molar-refractivity contribution in [1.82, 2.24) is 9.97 Å². The number of ether oxygens (including phenoxy) is 1. The van der Waals surface area contributed by atoms with Gasteiger partial charge in [0.25, 0.3) is 0 Å². The number of nitrogens with zero attached hydrogens (tertiary/aromatic N) is 2. The third-order valence-electron chi connectivity index (χ3n) is 3.09. The molecule has 0 unspecified atom stereocenters. The molecule has 0 spiro atoms. The van der Waals surface area contributed by atoms with Gasteiger partial charge in [-0.2, -0.15) is 0 Å². The van der Waals surface area contributed by atoms with Crippen LogP contribution in [0.4, 0.5) is 0 Å². The maximum Gasteiger partial charge on any atom is 0.159 e. The van der Waals surface area contributed by atoms with E-state index in [2.05, 4.69) is 42.0 Å². The fourth-order valence-electron chi connectivity index (χ4n) is 1.96. The second-order valence-electron chi connectivity index (χ2n) is 4.63. The van der Waals surface area contributed by atoms with Crippen LogP contribution < -0.4 is 0 Å². The molecule has 0 N–H and O–H groups in total. The van der Waals surface area contributed by atoms with Crippen molar-refractivity contribution in [3.8, 4) is 11.3 Å². The van der Waals surface area contributed by atoms with E-state index in [9.17, 15) is 0 Å². The highest BCUT2D eigenvalue weighted by molar-refractivity contribution is 6.29. The second kappa shape index (κ2) is 5.68. The molecule has 0 saturated carbocycles. The lowest BCUT2D eigenvalue weighted by atomic mass is 10.0. The van der Waals surface area contributed by atoms with Gasteiger partial charge in [0.1, 0.15) is 11.3 Å². The molecule has 1 atom stereocenters. The number of aromatic nitrogens is 2. The van der Waals surface area contributed by atoms with Gasteiger partial charge in [-0.1, -0.05) is 35.4 Å². The molecule has 0 radical (unpaired) electrons. The highest BCUT2D eigenvalue weighted by Crippen LogP contribution is 2.26. The Balaban J connectivity index is 2.53. The van der Waals surface area contributed by atoms with Gasteiger partial charge in [-0.05, 0) is 26.3 Å². The van der Waals surface area contributed by atoms with Crippen molar-refractivity contribution in [2.75, 3.05) is 7.11 Å². The Morgan fingerprint density at radius 3 is 2.53 bits per heavy atom. The summed E-state index contributed by atoms with van der Waals surface area (Å²) in [5, 5.41) is 0.434. The number of rotatable bonds is 3. The van der Waals surface area contributed by atoms with Gasteiger partial charge in [0.2, 0.25) is 0 Å². The molecule has 1 aromatic heterocycles. The number of hydrogen-bond donors (Lipinski definition) is 0. The SMILES string of the molecule is CO[C@H](C)c1nc(Cl)cc(-c2ccc(C)cc2C)n1. The third-order valence-corrected chi connectivity index (χ3v) is 3.28. The van der Waals surface area contributed by atoms with Gasteiger partial charge >= 0.3 is 0 Å². The summed E-state index contributed by atoms with van der Waals surface area (Å²) in [6.45, 7) is 6.04. The molecule has 0 aliphatic carbocycles. The molecule has 1 aromatic carbocycles. The Labute approximate surface area is 118 Å². The van der Waals surface area contributed by atoms with Crippen molar-refractivity contribution in [2.45, 2.75) is 26.9 Å². The van der Waals surface area contributed by atoms with E-state index >= 15 is 0 Å². The summed E-state index contributed by atoms with van der Waals surface area (Å²) in [6, 6.07) is 8.04. The normalized spacial score (nSPS) is 12.5. The van der Waals surface area contributed by atoms with E-state index in [1.807, 2.05) is 6.92 Å². The first-order valence-corrected chi connectivity index (χ1v) is 6.54. The highest BCUT2D eigenvalue weighted by Gasteiger charge is 2.12. The minimum atomic E-state index is -0.178. The zero-order valence-electron chi connectivity index (χ0n) is 11.6. The Bertz CT molecular complexity index is 599. The van der Waals surface area contributed by atoms with Gasteiger partial charge in [-0.25, -0.2) is 9.97 Å². The molecular weight excluding hydrogens is 260 g/mol. The summed E-state index contributed by atoms with van der Waals surface area (Å²) < 4.78 is 5.25. The summed E-state index contributed by atoms with van der Waals surface area (Å²) in [6.07, 6.45) is -0.178. The summed E-state index contributed by atoms with van der Waals surface area (Å²) in [5.74, 6) is 0.602. The molecule has 3 nitrogen and oxygen atoms in total. The average Bonchev–Trinajstić information content (AvgIpc) is 2.37. The van der Waals surface area contributed by atoms with E-state index in [1.54, 1.807) is 13.2 Å². The van der Waals surface area contributed by atoms with Crippen molar-refractivity contribution >= 4 is 11.6 Å². The fourth-order valence-corrected chi connectivity index (χ4v) is 2.15. The molecule has 19 heavy (non-hydrogen) atoms. The van der Waals surface area contributed by atoms with E-state index in [0.29, 0.717) is 11.0 Å². The number of methoxy groups -OCH3 is 1. The minimum absolute atomic E-state index is 0.178. The number of halogens is 1. The van der Waals surface area contributed by atoms with Crippen LogP contribution in [-0.2, 0) is 4.74 Å². The molecule has 100 valence electrons. The third kappa shape index (κ3) is 3.11. The van der Waals surface area contributed by atoms with E-state index in [-0.39, 0.29) is 6.10 Å². The first-order valence-electron chi connectivity index (χ1n) is 6.16. The van der Waals surface area contributed by atoms with Gasteiger partial charge in [-0.3, -0.25) is 0 Å². The van der Waals surface area contributed by atoms with Crippen LogP contribution in [0, 0.1) is 13.8 Å². The molecule has 1 heterocycles. The van der Waals surface area contributed by atoms with Crippen LogP contribution in [0.15, 0.2) is 24.3 Å². The lowest BCUT2D eigenvalue weighted by molar-refractivity contribution is 0.112. The molecule has 0 aliphatic rings. The van der Waals surface area contributed by atoms with Crippen LogP contribution in [0.1, 0.15) is 30.0 Å². The van der Waals surface area contributed by atoms with Gasteiger partial charge in [0, 0.05) is 18.7 Å². The quantitative estimate of drug-likeness (QED) is 0.791. The first-order chi connectivity index (χ1) is 9.01. The largest absolute Gasteiger partial charge is 0.374 e. The van der Waals surface area contributed by atoms with E-state index in [1.165, 1.54) is 11.1 Å². The lowest BCUT2D eigenvalue weighted by Crippen LogP contribution is -2.04. The van der Waals surface area contributed by atoms with Crippen molar-refractivity contribution in [1.29, 1.82) is 0 Å². The lowest BCUT2D eigenvalue weighted by Gasteiger charge is -2.12. The monoisotopic (exact) mass is 276 g/mol. The first kappa shape index (κ1) is 14.0. The molecule has 0 fully saturated rings. The Kier molecular flexibility index (Phi) is 4.17. The molecule has 0 aliphatic heterocycles. The average molecular weight is 277 g/mol. The van der Waals surface area contributed by atoms with Crippen LogP contribution in [0.5, 0.6) is 0 Å². The van der Waals surface area contributed by atoms with Crippen molar-refractivity contribution in [2.24, 2.45) is 0 Å². The second-order valence-corrected chi connectivity index (χ2v) is 5.02. The van der Waals surface area contributed by atoms with Crippen molar-refractivity contribution in [3.63, 3.8) is 0 Å². The van der Waals surface area contributed by atoms with Crippen molar-refractivity contribution in [3.05, 3.63) is 46.4 Å². The van der Waals surface area contributed by atoms with Crippen LogP contribution in [0.25, 0.3) is 11.3 Å². The molecule has 2 aromatic rings. The van der Waals surface area contributed by atoms with E-state index < -0.39 is 0 Å². The molecule has 0 amide bonds. The molecular formula is C15H17ClN2O. The summed E-state index contributed by atoms with van der Waals surface area (Å²) in [7, 11) is 1.63. The summed E-state index contributed by atoms with van der Waals surface area (Å²) in [4.78, 5) is 8.75. The van der Waals surface area contributed by atoms with Crippen molar-refractivity contribution < 1.29 is 4.74 Å². The Hall–Kier alpha value is -1.45. The molecule has 0 bridgehead atoms. The highest BCUT2D eigenvalue weighted by atomic mass is 35.5. The minimum Gasteiger partial charge on any atom is -0.374 e. The zero-order valence-corrected chi connectivity index (χ0v) is 12.3. The van der Waals surface area contributed by atoms with Gasteiger partial charge < -0.3 is 4.74 Å².